The van der Waals surface area contributed by atoms with Crippen LogP contribution in [0.25, 0.3) is 10.9 Å². The summed E-state index contributed by atoms with van der Waals surface area (Å²) in [4.78, 5) is 16.6. The van der Waals surface area contributed by atoms with Crippen molar-refractivity contribution in [1.82, 2.24) is 4.98 Å². The molecule has 2 heterocycles. The SMILES string of the molecule is CC(=O)N1CCCc2cc3[nH]ccc3cc21. The number of benzene rings is 1. The number of aromatic amines is 1. The molecule has 0 bridgehead atoms. The van der Waals surface area contributed by atoms with Crippen LogP contribution in [-0.2, 0) is 11.2 Å². The summed E-state index contributed by atoms with van der Waals surface area (Å²) in [7, 11) is 0. The van der Waals surface area contributed by atoms with E-state index in [0.29, 0.717) is 0 Å². The highest BCUT2D eigenvalue weighted by Crippen LogP contribution is 2.31. The summed E-state index contributed by atoms with van der Waals surface area (Å²) in [6, 6.07) is 6.32. The van der Waals surface area contributed by atoms with Gasteiger partial charge >= 0.3 is 0 Å². The molecule has 0 spiro atoms. The maximum absolute atomic E-state index is 11.6. The van der Waals surface area contributed by atoms with Gasteiger partial charge < -0.3 is 9.88 Å². The van der Waals surface area contributed by atoms with Gasteiger partial charge in [0.15, 0.2) is 0 Å². The summed E-state index contributed by atoms with van der Waals surface area (Å²) >= 11 is 0. The second-order valence-electron chi connectivity index (χ2n) is 4.32. The predicted octanol–water partition coefficient (Wildman–Crippen LogP) is 2.47. The molecule has 0 saturated carbocycles. The molecule has 0 saturated heterocycles. The number of carbonyl (C=O) groups is 1. The number of hydrogen-bond acceptors (Lipinski definition) is 1. The predicted molar refractivity (Wildman–Crippen MR) is 64.6 cm³/mol. The quantitative estimate of drug-likeness (QED) is 0.718. The monoisotopic (exact) mass is 214 g/mol. The van der Waals surface area contributed by atoms with E-state index in [1.165, 1.54) is 10.9 Å². The number of anilines is 1. The van der Waals surface area contributed by atoms with Crippen molar-refractivity contribution in [3.8, 4) is 0 Å². The molecule has 82 valence electrons. The fraction of sp³-hybridized carbons (Fsp3) is 0.308. The third-order valence-corrected chi connectivity index (χ3v) is 3.25. The van der Waals surface area contributed by atoms with E-state index in [0.717, 1.165) is 30.6 Å². The van der Waals surface area contributed by atoms with Crippen LogP contribution in [-0.4, -0.2) is 17.4 Å². The van der Waals surface area contributed by atoms with Crippen molar-refractivity contribution in [2.24, 2.45) is 0 Å². The van der Waals surface area contributed by atoms with E-state index in [9.17, 15) is 4.79 Å². The van der Waals surface area contributed by atoms with Gasteiger partial charge in [-0.15, -0.1) is 0 Å². The zero-order chi connectivity index (χ0) is 11.1. The van der Waals surface area contributed by atoms with Crippen molar-refractivity contribution in [3.05, 3.63) is 30.0 Å². The molecule has 0 aliphatic carbocycles. The van der Waals surface area contributed by atoms with Gasteiger partial charge in [-0.2, -0.15) is 0 Å². The van der Waals surface area contributed by atoms with Crippen LogP contribution in [0.5, 0.6) is 0 Å². The number of nitrogens with zero attached hydrogens (tertiary/aromatic N) is 1. The lowest BCUT2D eigenvalue weighted by Crippen LogP contribution is -2.33. The van der Waals surface area contributed by atoms with Gasteiger partial charge in [-0.05, 0) is 36.6 Å². The number of H-pyrrole nitrogens is 1. The molecular formula is C13H14N2O. The van der Waals surface area contributed by atoms with Crippen molar-refractivity contribution in [1.29, 1.82) is 0 Å². The minimum Gasteiger partial charge on any atom is -0.361 e. The minimum absolute atomic E-state index is 0.135. The standard InChI is InChI=1S/C13H14N2O/c1-9(16)15-6-2-3-11-7-12-10(4-5-14-12)8-13(11)15/h4-5,7-8,14H,2-3,6H2,1H3. The van der Waals surface area contributed by atoms with Crippen LogP contribution in [0.2, 0.25) is 0 Å². The molecule has 1 aliphatic rings. The Balaban J connectivity index is 2.21. The largest absolute Gasteiger partial charge is 0.361 e. The Bertz CT molecular complexity index is 556. The zero-order valence-corrected chi connectivity index (χ0v) is 9.29. The first-order valence-electron chi connectivity index (χ1n) is 5.64. The zero-order valence-electron chi connectivity index (χ0n) is 9.29. The molecule has 3 rings (SSSR count). The van der Waals surface area contributed by atoms with Gasteiger partial charge in [-0.25, -0.2) is 0 Å². The van der Waals surface area contributed by atoms with Gasteiger partial charge in [0.25, 0.3) is 0 Å². The van der Waals surface area contributed by atoms with E-state index < -0.39 is 0 Å². The molecule has 16 heavy (non-hydrogen) atoms. The third-order valence-electron chi connectivity index (χ3n) is 3.25. The number of nitrogens with one attached hydrogen (secondary N) is 1. The van der Waals surface area contributed by atoms with E-state index in [-0.39, 0.29) is 5.91 Å². The molecule has 1 aliphatic heterocycles. The fourth-order valence-electron chi connectivity index (χ4n) is 2.46. The molecule has 1 N–H and O–H groups in total. The Morgan fingerprint density at radius 1 is 1.44 bits per heavy atom. The van der Waals surface area contributed by atoms with Crippen molar-refractivity contribution in [2.75, 3.05) is 11.4 Å². The fourth-order valence-corrected chi connectivity index (χ4v) is 2.46. The van der Waals surface area contributed by atoms with Crippen LogP contribution in [0.15, 0.2) is 24.4 Å². The summed E-state index contributed by atoms with van der Waals surface area (Å²) < 4.78 is 0. The molecule has 1 amide bonds. The molecular weight excluding hydrogens is 200 g/mol. The van der Waals surface area contributed by atoms with Gasteiger partial charge in [0.2, 0.25) is 5.91 Å². The van der Waals surface area contributed by atoms with Crippen LogP contribution >= 0.6 is 0 Å². The minimum atomic E-state index is 0.135. The van der Waals surface area contributed by atoms with Gasteiger partial charge in [-0.3, -0.25) is 4.79 Å². The number of aromatic nitrogens is 1. The van der Waals surface area contributed by atoms with Crippen LogP contribution in [0.4, 0.5) is 5.69 Å². The van der Waals surface area contributed by atoms with Crippen LogP contribution < -0.4 is 4.90 Å². The smallest absolute Gasteiger partial charge is 0.223 e. The first kappa shape index (κ1) is 9.46. The Kier molecular flexibility index (Phi) is 1.99. The normalized spacial score (nSPS) is 15.2. The van der Waals surface area contributed by atoms with Crippen LogP contribution in [0, 0.1) is 0 Å². The Hall–Kier alpha value is -1.77. The lowest BCUT2D eigenvalue weighted by atomic mass is 10.00. The summed E-state index contributed by atoms with van der Waals surface area (Å²) in [5.74, 6) is 0.135. The molecule has 3 nitrogen and oxygen atoms in total. The van der Waals surface area contributed by atoms with Gasteiger partial charge in [0.1, 0.15) is 0 Å². The van der Waals surface area contributed by atoms with Gasteiger partial charge in [-0.1, -0.05) is 0 Å². The van der Waals surface area contributed by atoms with Gasteiger partial charge in [0, 0.05) is 36.3 Å². The van der Waals surface area contributed by atoms with Crippen molar-refractivity contribution in [3.63, 3.8) is 0 Å². The molecule has 0 radical (unpaired) electrons. The van der Waals surface area contributed by atoms with E-state index in [1.54, 1.807) is 6.92 Å². The Morgan fingerprint density at radius 2 is 2.31 bits per heavy atom. The number of aryl methyl sites for hydroxylation is 1. The first-order chi connectivity index (χ1) is 7.75. The average Bonchev–Trinajstić information content (AvgIpc) is 2.71. The van der Waals surface area contributed by atoms with Crippen molar-refractivity contribution in [2.45, 2.75) is 19.8 Å². The Morgan fingerprint density at radius 3 is 3.12 bits per heavy atom. The lowest BCUT2D eigenvalue weighted by Gasteiger charge is -2.28. The number of carbonyl (C=O) groups excluding carboxylic acids is 1. The van der Waals surface area contributed by atoms with E-state index >= 15 is 0 Å². The summed E-state index contributed by atoms with van der Waals surface area (Å²) in [5, 5.41) is 1.17. The van der Waals surface area contributed by atoms with Crippen molar-refractivity contribution >= 4 is 22.5 Å². The van der Waals surface area contributed by atoms with E-state index in [2.05, 4.69) is 17.1 Å². The molecule has 1 aromatic carbocycles. The second kappa shape index (κ2) is 3.37. The van der Waals surface area contributed by atoms with Crippen LogP contribution in [0.1, 0.15) is 18.9 Å². The highest BCUT2D eigenvalue weighted by molar-refractivity contribution is 5.96. The van der Waals surface area contributed by atoms with E-state index in [4.69, 9.17) is 0 Å². The number of hydrogen-bond donors (Lipinski definition) is 1. The van der Waals surface area contributed by atoms with Gasteiger partial charge in [0.05, 0.1) is 0 Å². The summed E-state index contributed by atoms with van der Waals surface area (Å²) in [6.45, 7) is 2.48. The molecule has 2 aromatic rings. The maximum atomic E-state index is 11.6. The number of fused-ring (bicyclic) bond motifs is 2. The highest BCUT2D eigenvalue weighted by Gasteiger charge is 2.20. The Labute approximate surface area is 94.1 Å². The first-order valence-corrected chi connectivity index (χ1v) is 5.64. The van der Waals surface area contributed by atoms with E-state index in [1.807, 2.05) is 17.2 Å². The third kappa shape index (κ3) is 1.32. The average molecular weight is 214 g/mol. The second-order valence-corrected chi connectivity index (χ2v) is 4.32. The van der Waals surface area contributed by atoms with Crippen molar-refractivity contribution < 1.29 is 4.79 Å². The maximum Gasteiger partial charge on any atom is 0.223 e. The topological polar surface area (TPSA) is 36.1 Å². The van der Waals surface area contributed by atoms with Crippen LogP contribution in [0.3, 0.4) is 0 Å². The number of amides is 1. The summed E-state index contributed by atoms with van der Waals surface area (Å²) in [6.07, 6.45) is 4.06. The number of rotatable bonds is 0. The molecule has 0 fully saturated rings. The molecule has 3 heteroatoms. The molecule has 0 unspecified atom stereocenters. The lowest BCUT2D eigenvalue weighted by molar-refractivity contribution is -0.116. The summed E-state index contributed by atoms with van der Waals surface area (Å²) in [5.41, 5.74) is 3.52. The molecule has 0 atom stereocenters. The highest BCUT2D eigenvalue weighted by atomic mass is 16.2. The molecule has 1 aromatic heterocycles.